The molecule has 0 saturated carbocycles. The lowest BCUT2D eigenvalue weighted by molar-refractivity contribution is -0.137. The molecule has 0 aliphatic heterocycles. The van der Waals surface area contributed by atoms with Gasteiger partial charge in [-0.05, 0) is 11.6 Å². The average Bonchev–Trinajstić information content (AvgIpc) is 2.37. The van der Waals surface area contributed by atoms with E-state index in [1.54, 1.807) is 0 Å². The molecule has 1 aromatic carbocycles. The molecule has 4 nitrogen and oxygen atoms in total. The van der Waals surface area contributed by atoms with Gasteiger partial charge in [0.15, 0.2) is 5.15 Å². The molecule has 1 heterocycles. The van der Waals surface area contributed by atoms with E-state index in [4.69, 9.17) is 16.7 Å². The molecule has 0 aliphatic carbocycles. The monoisotopic (exact) mass is 302 g/mol. The third-order valence-electron chi connectivity index (χ3n) is 2.54. The number of benzene rings is 1. The SMILES string of the molecule is O=C(O)c1c(-c2ccccc2C(F)(F)F)cnnc1Cl. The quantitative estimate of drug-likeness (QED) is 0.922. The van der Waals surface area contributed by atoms with E-state index in [2.05, 4.69) is 10.2 Å². The molecule has 1 aromatic heterocycles. The summed E-state index contributed by atoms with van der Waals surface area (Å²) >= 11 is 5.61. The Balaban J connectivity index is 2.77. The first kappa shape index (κ1) is 14.3. The topological polar surface area (TPSA) is 63.1 Å². The van der Waals surface area contributed by atoms with E-state index in [1.807, 2.05) is 0 Å². The highest BCUT2D eigenvalue weighted by Gasteiger charge is 2.34. The highest BCUT2D eigenvalue weighted by molar-refractivity contribution is 6.33. The lowest BCUT2D eigenvalue weighted by Crippen LogP contribution is -2.10. The Morgan fingerprint density at radius 2 is 1.85 bits per heavy atom. The van der Waals surface area contributed by atoms with Crippen molar-refractivity contribution in [3.05, 3.63) is 46.7 Å². The molecule has 0 fully saturated rings. The molecule has 0 saturated heterocycles. The summed E-state index contributed by atoms with van der Waals surface area (Å²) in [6.07, 6.45) is -3.68. The Labute approximate surface area is 115 Å². The minimum absolute atomic E-state index is 0.231. The minimum Gasteiger partial charge on any atom is -0.478 e. The summed E-state index contributed by atoms with van der Waals surface area (Å²) in [5.41, 5.74) is -2.02. The lowest BCUT2D eigenvalue weighted by atomic mass is 9.97. The molecule has 0 aliphatic rings. The first-order valence-electron chi connectivity index (χ1n) is 5.23. The smallest absolute Gasteiger partial charge is 0.417 e. The van der Waals surface area contributed by atoms with Gasteiger partial charge in [-0.25, -0.2) is 4.79 Å². The second-order valence-electron chi connectivity index (χ2n) is 3.77. The third kappa shape index (κ3) is 2.57. The van der Waals surface area contributed by atoms with Gasteiger partial charge < -0.3 is 5.11 Å². The summed E-state index contributed by atoms with van der Waals surface area (Å²) in [5, 5.41) is 15.3. The molecule has 1 N–H and O–H groups in total. The van der Waals surface area contributed by atoms with Crippen LogP contribution >= 0.6 is 11.6 Å². The van der Waals surface area contributed by atoms with E-state index in [0.29, 0.717) is 0 Å². The highest BCUT2D eigenvalue weighted by Crippen LogP contribution is 2.38. The Morgan fingerprint density at radius 3 is 2.45 bits per heavy atom. The number of carboxylic acids is 1. The van der Waals surface area contributed by atoms with Crippen LogP contribution in [0.15, 0.2) is 30.5 Å². The maximum absolute atomic E-state index is 13.0. The molecular formula is C12H6ClF3N2O2. The van der Waals surface area contributed by atoms with Crippen LogP contribution in [0.3, 0.4) is 0 Å². The van der Waals surface area contributed by atoms with E-state index in [-0.39, 0.29) is 11.1 Å². The minimum atomic E-state index is -4.62. The van der Waals surface area contributed by atoms with Crippen molar-refractivity contribution < 1.29 is 23.1 Å². The van der Waals surface area contributed by atoms with E-state index in [9.17, 15) is 18.0 Å². The van der Waals surface area contributed by atoms with Gasteiger partial charge in [-0.1, -0.05) is 29.8 Å². The van der Waals surface area contributed by atoms with Crippen molar-refractivity contribution in [2.75, 3.05) is 0 Å². The van der Waals surface area contributed by atoms with E-state index >= 15 is 0 Å². The predicted octanol–water partition coefficient (Wildman–Crippen LogP) is 3.51. The van der Waals surface area contributed by atoms with Gasteiger partial charge in [0.05, 0.1) is 11.8 Å². The number of rotatable bonds is 2. The summed E-state index contributed by atoms with van der Waals surface area (Å²) in [6, 6.07) is 4.59. The largest absolute Gasteiger partial charge is 0.478 e. The number of aromatic nitrogens is 2. The van der Waals surface area contributed by atoms with Crippen LogP contribution in [0.1, 0.15) is 15.9 Å². The maximum atomic E-state index is 13.0. The summed E-state index contributed by atoms with van der Waals surface area (Å²) in [5.74, 6) is -1.48. The fourth-order valence-electron chi connectivity index (χ4n) is 1.74. The molecule has 0 radical (unpaired) electrons. The molecule has 0 unspecified atom stereocenters. The van der Waals surface area contributed by atoms with E-state index in [0.717, 1.165) is 18.3 Å². The Bertz CT molecular complexity index is 674. The van der Waals surface area contributed by atoms with Crippen LogP contribution in [-0.4, -0.2) is 21.3 Å². The number of carbonyl (C=O) groups is 1. The van der Waals surface area contributed by atoms with Crippen molar-refractivity contribution in [1.29, 1.82) is 0 Å². The van der Waals surface area contributed by atoms with Gasteiger partial charge in [0, 0.05) is 5.56 Å². The summed E-state index contributed by atoms with van der Waals surface area (Å²) in [4.78, 5) is 11.1. The van der Waals surface area contributed by atoms with Crippen LogP contribution in [0, 0.1) is 0 Å². The second-order valence-corrected chi connectivity index (χ2v) is 4.13. The number of alkyl halides is 3. The second kappa shape index (κ2) is 5.09. The Hall–Kier alpha value is -2.15. The fraction of sp³-hybridized carbons (Fsp3) is 0.0833. The van der Waals surface area contributed by atoms with Crippen molar-refractivity contribution in [1.82, 2.24) is 10.2 Å². The molecule has 2 aromatic rings. The number of nitrogens with zero attached hydrogens (tertiary/aromatic N) is 2. The van der Waals surface area contributed by atoms with Crippen LogP contribution in [-0.2, 0) is 6.18 Å². The molecule has 104 valence electrons. The van der Waals surface area contributed by atoms with Crippen molar-refractivity contribution in [3.8, 4) is 11.1 Å². The van der Waals surface area contributed by atoms with Gasteiger partial charge in [0.1, 0.15) is 5.56 Å². The van der Waals surface area contributed by atoms with Gasteiger partial charge in [0.2, 0.25) is 0 Å². The average molecular weight is 303 g/mol. The summed E-state index contributed by atoms with van der Waals surface area (Å²) in [6.45, 7) is 0. The maximum Gasteiger partial charge on any atom is 0.417 e. The summed E-state index contributed by atoms with van der Waals surface area (Å²) < 4.78 is 38.9. The third-order valence-corrected chi connectivity index (χ3v) is 2.81. The van der Waals surface area contributed by atoms with Gasteiger partial charge in [0.25, 0.3) is 0 Å². The Kier molecular flexibility index (Phi) is 3.63. The standard InChI is InChI=1S/C12H6ClF3N2O2/c13-10-9(11(19)20)7(5-17-18-10)6-3-1-2-4-8(6)12(14,15)16/h1-5H,(H,19,20). The molecule has 0 atom stereocenters. The van der Waals surface area contributed by atoms with Crippen LogP contribution < -0.4 is 0 Å². The molecule has 8 heteroatoms. The van der Waals surface area contributed by atoms with Crippen LogP contribution in [0.2, 0.25) is 5.15 Å². The number of hydrogen-bond acceptors (Lipinski definition) is 3. The van der Waals surface area contributed by atoms with Gasteiger partial charge >= 0.3 is 12.1 Å². The van der Waals surface area contributed by atoms with Crippen LogP contribution in [0.4, 0.5) is 13.2 Å². The summed E-state index contributed by atoms with van der Waals surface area (Å²) in [7, 11) is 0. The predicted molar refractivity (Wildman–Crippen MR) is 64.4 cm³/mol. The molecular weight excluding hydrogens is 297 g/mol. The fourth-order valence-corrected chi connectivity index (χ4v) is 1.96. The zero-order valence-corrected chi connectivity index (χ0v) is 10.4. The van der Waals surface area contributed by atoms with Crippen LogP contribution in [0.25, 0.3) is 11.1 Å². The molecule has 0 amide bonds. The lowest BCUT2D eigenvalue weighted by Gasteiger charge is -2.14. The van der Waals surface area contributed by atoms with Crippen molar-refractivity contribution in [2.45, 2.75) is 6.18 Å². The number of halogens is 4. The molecule has 0 bridgehead atoms. The Morgan fingerprint density at radius 1 is 1.20 bits per heavy atom. The molecule has 20 heavy (non-hydrogen) atoms. The zero-order valence-electron chi connectivity index (χ0n) is 9.65. The van der Waals surface area contributed by atoms with Gasteiger partial charge in [-0.3, -0.25) is 0 Å². The molecule has 2 rings (SSSR count). The van der Waals surface area contributed by atoms with Crippen LogP contribution in [0.5, 0.6) is 0 Å². The number of carboxylic acid groups (broad SMARTS) is 1. The number of hydrogen-bond donors (Lipinski definition) is 1. The number of aromatic carboxylic acids is 1. The first-order valence-corrected chi connectivity index (χ1v) is 5.61. The van der Waals surface area contributed by atoms with Crippen molar-refractivity contribution >= 4 is 17.6 Å². The zero-order chi connectivity index (χ0) is 14.9. The van der Waals surface area contributed by atoms with Gasteiger partial charge in [-0.2, -0.15) is 18.3 Å². The van der Waals surface area contributed by atoms with E-state index in [1.165, 1.54) is 12.1 Å². The van der Waals surface area contributed by atoms with Gasteiger partial charge in [-0.15, -0.1) is 5.10 Å². The molecule has 0 spiro atoms. The first-order chi connectivity index (χ1) is 9.32. The van der Waals surface area contributed by atoms with Crippen molar-refractivity contribution in [3.63, 3.8) is 0 Å². The normalized spacial score (nSPS) is 11.4. The van der Waals surface area contributed by atoms with Crippen molar-refractivity contribution in [2.24, 2.45) is 0 Å². The van der Waals surface area contributed by atoms with E-state index < -0.39 is 28.4 Å². The highest BCUT2D eigenvalue weighted by atomic mass is 35.5.